The van der Waals surface area contributed by atoms with Gasteiger partial charge in [0.1, 0.15) is 11.2 Å². The Morgan fingerprint density at radius 2 is 2.43 bits per heavy atom. The standard InChI is InChI=1S/C15H19N3O3/c1-20-15(5-7-21-11-15)10-16-9-12-8-14(19)18-6-3-2-4-13(18)17-12/h2-4,6,8,16H,5,7,9-11H2,1H3. The molecule has 1 N–H and O–H groups in total. The molecule has 6 heteroatoms. The van der Waals surface area contributed by atoms with E-state index in [1.165, 1.54) is 4.40 Å². The third kappa shape index (κ3) is 2.97. The van der Waals surface area contributed by atoms with Crippen LogP contribution in [0.3, 0.4) is 0 Å². The minimum absolute atomic E-state index is 0.0666. The summed E-state index contributed by atoms with van der Waals surface area (Å²) in [5, 5.41) is 3.31. The zero-order valence-corrected chi connectivity index (χ0v) is 12.0. The number of aromatic nitrogens is 2. The molecule has 0 amide bonds. The second-order valence-corrected chi connectivity index (χ2v) is 5.31. The molecule has 3 rings (SSSR count). The summed E-state index contributed by atoms with van der Waals surface area (Å²) < 4.78 is 12.5. The predicted octanol–water partition coefficient (Wildman–Crippen LogP) is 0.590. The van der Waals surface area contributed by atoms with Gasteiger partial charge >= 0.3 is 0 Å². The van der Waals surface area contributed by atoms with Crippen LogP contribution in [0.1, 0.15) is 12.1 Å². The molecule has 2 aromatic heterocycles. The van der Waals surface area contributed by atoms with Crippen LogP contribution in [0, 0.1) is 0 Å². The summed E-state index contributed by atoms with van der Waals surface area (Å²) in [5.41, 5.74) is 1.07. The van der Waals surface area contributed by atoms with E-state index in [1.54, 1.807) is 19.4 Å². The van der Waals surface area contributed by atoms with Crippen molar-refractivity contribution in [2.45, 2.75) is 18.6 Å². The number of pyridine rings is 1. The van der Waals surface area contributed by atoms with Gasteiger partial charge in [0, 0.05) is 45.5 Å². The van der Waals surface area contributed by atoms with Crippen molar-refractivity contribution < 1.29 is 9.47 Å². The fraction of sp³-hybridized carbons (Fsp3) is 0.467. The Balaban J connectivity index is 1.69. The van der Waals surface area contributed by atoms with Gasteiger partial charge in [-0.1, -0.05) is 6.07 Å². The molecule has 0 aromatic carbocycles. The van der Waals surface area contributed by atoms with Gasteiger partial charge in [0.25, 0.3) is 5.56 Å². The van der Waals surface area contributed by atoms with Gasteiger partial charge in [-0.2, -0.15) is 0 Å². The first-order valence-corrected chi connectivity index (χ1v) is 7.03. The van der Waals surface area contributed by atoms with Gasteiger partial charge in [0.15, 0.2) is 0 Å². The molecule has 0 aliphatic carbocycles. The summed E-state index contributed by atoms with van der Waals surface area (Å²) in [6.45, 7) is 2.54. The molecule has 1 aliphatic heterocycles. The lowest BCUT2D eigenvalue weighted by Gasteiger charge is -2.25. The lowest BCUT2D eigenvalue weighted by atomic mass is 10.0. The lowest BCUT2D eigenvalue weighted by molar-refractivity contribution is -0.0159. The Morgan fingerprint density at radius 1 is 1.52 bits per heavy atom. The van der Waals surface area contributed by atoms with Crippen LogP contribution in [0.5, 0.6) is 0 Å². The summed E-state index contributed by atoms with van der Waals surface area (Å²) in [6, 6.07) is 7.07. The fourth-order valence-electron chi connectivity index (χ4n) is 2.57. The van der Waals surface area contributed by atoms with E-state index in [2.05, 4.69) is 10.3 Å². The first-order valence-electron chi connectivity index (χ1n) is 7.03. The van der Waals surface area contributed by atoms with E-state index in [0.29, 0.717) is 25.3 Å². The van der Waals surface area contributed by atoms with Crippen molar-refractivity contribution in [3.8, 4) is 0 Å². The number of ether oxygens (including phenoxy) is 2. The molecule has 1 aliphatic rings. The maximum absolute atomic E-state index is 12.0. The Hall–Kier alpha value is -1.76. The number of hydrogen-bond acceptors (Lipinski definition) is 5. The Kier molecular flexibility index (Phi) is 4.01. The highest BCUT2D eigenvalue weighted by Crippen LogP contribution is 2.21. The SMILES string of the molecule is COC1(CNCc2cc(=O)n3ccccc3n2)CCOC1. The molecule has 1 fully saturated rings. The number of nitrogens with one attached hydrogen (secondary N) is 1. The molecule has 1 saturated heterocycles. The molecule has 6 nitrogen and oxygen atoms in total. The first-order chi connectivity index (χ1) is 10.2. The minimum Gasteiger partial charge on any atom is -0.378 e. The van der Waals surface area contributed by atoms with Crippen LogP contribution in [-0.4, -0.2) is 41.9 Å². The van der Waals surface area contributed by atoms with Crippen molar-refractivity contribution in [3.63, 3.8) is 0 Å². The molecule has 2 aromatic rings. The van der Waals surface area contributed by atoms with Gasteiger partial charge in [-0.15, -0.1) is 0 Å². The van der Waals surface area contributed by atoms with E-state index in [4.69, 9.17) is 9.47 Å². The Bertz CT molecular complexity index is 677. The van der Waals surface area contributed by atoms with Gasteiger partial charge in [-0.3, -0.25) is 9.20 Å². The van der Waals surface area contributed by atoms with Crippen molar-refractivity contribution in [2.24, 2.45) is 0 Å². The van der Waals surface area contributed by atoms with Crippen molar-refractivity contribution in [1.82, 2.24) is 14.7 Å². The van der Waals surface area contributed by atoms with Gasteiger partial charge in [0.2, 0.25) is 0 Å². The number of fused-ring (bicyclic) bond motifs is 1. The molecular formula is C15H19N3O3. The molecule has 0 saturated carbocycles. The van der Waals surface area contributed by atoms with Gasteiger partial charge in [-0.25, -0.2) is 4.98 Å². The quantitative estimate of drug-likeness (QED) is 0.873. The number of rotatable bonds is 5. The average molecular weight is 289 g/mol. The highest BCUT2D eigenvalue weighted by Gasteiger charge is 2.34. The number of nitrogens with zero attached hydrogens (tertiary/aromatic N) is 2. The second-order valence-electron chi connectivity index (χ2n) is 5.31. The monoisotopic (exact) mass is 289 g/mol. The molecule has 0 spiro atoms. The Labute approximate surface area is 122 Å². The van der Waals surface area contributed by atoms with Crippen molar-refractivity contribution in [1.29, 1.82) is 0 Å². The topological polar surface area (TPSA) is 64.9 Å². The highest BCUT2D eigenvalue weighted by atomic mass is 16.5. The molecule has 1 atom stereocenters. The van der Waals surface area contributed by atoms with Gasteiger partial charge in [0.05, 0.1) is 12.3 Å². The van der Waals surface area contributed by atoms with Crippen LogP contribution in [0.15, 0.2) is 35.3 Å². The smallest absolute Gasteiger partial charge is 0.258 e. The van der Waals surface area contributed by atoms with Crippen molar-refractivity contribution in [3.05, 3.63) is 46.5 Å². The maximum atomic E-state index is 12.0. The molecule has 0 bridgehead atoms. The van der Waals surface area contributed by atoms with Gasteiger partial charge in [-0.05, 0) is 12.1 Å². The minimum atomic E-state index is -0.258. The molecule has 1 unspecified atom stereocenters. The fourth-order valence-corrected chi connectivity index (χ4v) is 2.57. The van der Waals surface area contributed by atoms with E-state index in [9.17, 15) is 4.79 Å². The molecule has 21 heavy (non-hydrogen) atoms. The van der Waals surface area contributed by atoms with Crippen LogP contribution >= 0.6 is 0 Å². The van der Waals surface area contributed by atoms with E-state index in [1.807, 2.05) is 18.2 Å². The predicted molar refractivity (Wildman–Crippen MR) is 78.3 cm³/mol. The van der Waals surface area contributed by atoms with Gasteiger partial charge < -0.3 is 14.8 Å². The molecule has 112 valence electrons. The maximum Gasteiger partial charge on any atom is 0.258 e. The summed E-state index contributed by atoms with van der Waals surface area (Å²) in [5.74, 6) is 0. The number of hydrogen-bond donors (Lipinski definition) is 1. The second kappa shape index (κ2) is 5.93. The number of methoxy groups -OCH3 is 1. The van der Waals surface area contributed by atoms with Crippen molar-refractivity contribution >= 4 is 5.65 Å². The molecular weight excluding hydrogens is 270 g/mol. The van der Waals surface area contributed by atoms with Crippen molar-refractivity contribution in [2.75, 3.05) is 26.9 Å². The normalized spacial score (nSPS) is 22.0. The summed E-state index contributed by atoms with van der Waals surface area (Å²) in [6.07, 6.45) is 2.60. The van der Waals surface area contributed by atoms with Crippen LogP contribution in [0.2, 0.25) is 0 Å². The summed E-state index contributed by atoms with van der Waals surface area (Å²) >= 11 is 0. The van der Waals surface area contributed by atoms with Crippen LogP contribution < -0.4 is 10.9 Å². The zero-order valence-electron chi connectivity index (χ0n) is 12.0. The first kappa shape index (κ1) is 14.2. The van der Waals surface area contributed by atoms with Crippen LogP contribution in [0.25, 0.3) is 5.65 Å². The van der Waals surface area contributed by atoms with Crippen LogP contribution in [0.4, 0.5) is 0 Å². The molecule has 0 radical (unpaired) electrons. The van der Waals surface area contributed by atoms with E-state index in [0.717, 1.165) is 18.7 Å². The Morgan fingerprint density at radius 3 is 3.19 bits per heavy atom. The summed E-state index contributed by atoms with van der Waals surface area (Å²) in [7, 11) is 1.71. The summed E-state index contributed by atoms with van der Waals surface area (Å²) in [4.78, 5) is 16.5. The largest absolute Gasteiger partial charge is 0.378 e. The lowest BCUT2D eigenvalue weighted by Crippen LogP contribution is -2.42. The van der Waals surface area contributed by atoms with E-state index in [-0.39, 0.29) is 11.2 Å². The van der Waals surface area contributed by atoms with Crippen LogP contribution in [-0.2, 0) is 16.0 Å². The molecule has 3 heterocycles. The van der Waals surface area contributed by atoms with E-state index >= 15 is 0 Å². The zero-order chi connectivity index (χ0) is 14.7. The third-order valence-electron chi connectivity index (χ3n) is 3.88. The highest BCUT2D eigenvalue weighted by molar-refractivity contribution is 5.37. The van der Waals surface area contributed by atoms with E-state index < -0.39 is 0 Å². The average Bonchev–Trinajstić information content (AvgIpc) is 2.97. The third-order valence-corrected chi connectivity index (χ3v) is 3.88.